The van der Waals surface area contributed by atoms with Gasteiger partial charge < -0.3 is 14.8 Å². The Labute approximate surface area is 139 Å². The molecule has 0 radical (unpaired) electrons. The summed E-state index contributed by atoms with van der Waals surface area (Å²) < 4.78 is 2.23. The van der Waals surface area contributed by atoms with Crippen LogP contribution in [0.25, 0.3) is 0 Å². The third-order valence-electron chi connectivity index (χ3n) is 4.64. The van der Waals surface area contributed by atoms with Crippen LogP contribution < -0.4 is 5.32 Å². The number of carbonyl (C=O) groups excluding carboxylic acids is 1. The molecule has 6 heteroatoms. The number of aromatic nitrogens is 2. The van der Waals surface area contributed by atoms with Gasteiger partial charge in [-0.05, 0) is 18.3 Å². The Morgan fingerprint density at radius 3 is 2.78 bits per heavy atom. The normalized spacial score (nSPS) is 21.8. The topological polar surface area (TPSA) is 53.4 Å². The summed E-state index contributed by atoms with van der Waals surface area (Å²) in [5.41, 5.74) is 0. The minimum atomic E-state index is -0.00465. The molecule has 1 N–H and O–H groups in total. The van der Waals surface area contributed by atoms with E-state index < -0.39 is 0 Å². The van der Waals surface area contributed by atoms with Gasteiger partial charge in [-0.1, -0.05) is 20.8 Å². The zero-order chi connectivity index (χ0) is 17.0. The zero-order valence-electron chi connectivity index (χ0n) is 15.1. The van der Waals surface area contributed by atoms with Crippen LogP contribution in [0.5, 0.6) is 0 Å². The van der Waals surface area contributed by atoms with E-state index in [1.807, 2.05) is 6.20 Å². The molecule has 2 rings (SSSR count). The van der Waals surface area contributed by atoms with Crippen molar-refractivity contribution in [1.82, 2.24) is 24.7 Å². The van der Waals surface area contributed by atoms with Crippen molar-refractivity contribution < 1.29 is 4.79 Å². The molecule has 0 saturated carbocycles. The molecule has 2 amide bonds. The Hall–Kier alpha value is -1.56. The Kier molecular flexibility index (Phi) is 6.04. The van der Waals surface area contributed by atoms with Gasteiger partial charge in [0.1, 0.15) is 5.82 Å². The molecule has 1 aromatic heterocycles. The fourth-order valence-corrected chi connectivity index (χ4v) is 3.29. The molecular weight excluding hydrogens is 290 g/mol. The maximum atomic E-state index is 12.0. The lowest BCUT2D eigenvalue weighted by atomic mass is 9.91. The summed E-state index contributed by atoms with van der Waals surface area (Å²) in [6.45, 7) is 10.4. The first-order valence-electron chi connectivity index (χ1n) is 8.62. The molecule has 0 aromatic carbocycles. The Morgan fingerprint density at radius 2 is 2.17 bits per heavy atom. The molecule has 0 spiro atoms. The van der Waals surface area contributed by atoms with Crippen LogP contribution in [0, 0.1) is 11.8 Å². The minimum absolute atomic E-state index is 0.00465. The fourth-order valence-electron chi connectivity index (χ4n) is 3.29. The average Bonchev–Trinajstić information content (AvgIpc) is 3.07. The number of imidazole rings is 1. The van der Waals surface area contributed by atoms with E-state index in [0.29, 0.717) is 11.8 Å². The number of carbonyl (C=O) groups is 1. The SMILES string of the molecule is CCCn1ccnc1CN1CC(NC(=O)N(C)C)C(C(C)C)C1. The van der Waals surface area contributed by atoms with Crippen LogP contribution >= 0.6 is 0 Å². The highest BCUT2D eigenvalue weighted by Gasteiger charge is 2.36. The van der Waals surface area contributed by atoms with Gasteiger partial charge in [0, 0.05) is 52.2 Å². The first-order chi connectivity index (χ1) is 10.9. The van der Waals surface area contributed by atoms with Crippen LogP contribution in [-0.2, 0) is 13.1 Å². The molecule has 2 atom stereocenters. The maximum Gasteiger partial charge on any atom is 0.317 e. The predicted molar refractivity (Wildman–Crippen MR) is 92.1 cm³/mol. The number of rotatable bonds is 6. The van der Waals surface area contributed by atoms with Crippen molar-refractivity contribution in [2.45, 2.75) is 46.3 Å². The molecule has 1 saturated heterocycles. The average molecular weight is 321 g/mol. The van der Waals surface area contributed by atoms with Crippen LogP contribution in [0.15, 0.2) is 12.4 Å². The summed E-state index contributed by atoms with van der Waals surface area (Å²) in [4.78, 5) is 20.5. The van der Waals surface area contributed by atoms with Crippen molar-refractivity contribution >= 4 is 6.03 Å². The Balaban J connectivity index is 2.01. The van der Waals surface area contributed by atoms with Crippen LogP contribution in [0.4, 0.5) is 4.79 Å². The van der Waals surface area contributed by atoms with E-state index in [9.17, 15) is 4.79 Å². The second-order valence-corrected chi connectivity index (χ2v) is 7.09. The molecule has 1 fully saturated rings. The molecule has 1 aliphatic heterocycles. The van der Waals surface area contributed by atoms with Gasteiger partial charge in [-0.3, -0.25) is 4.90 Å². The van der Waals surface area contributed by atoms with Crippen molar-refractivity contribution in [2.24, 2.45) is 11.8 Å². The lowest BCUT2D eigenvalue weighted by Crippen LogP contribution is -2.46. The van der Waals surface area contributed by atoms with Crippen LogP contribution in [-0.4, -0.2) is 58.6 Å². The molecule has 2 unspecified atom stereocenters. The molecule has 130 valence electrons. The zero-order valence-corrected chi connectivity index (χ0v) is 15.1. The summed E-state index contributed by atoms with van der Waals surface area (Å²) in [6.07, 6.45) is 5.05. The van der Waals surface area contributed by atoms with Gasteiger partial charge in [-0.25, -0.2) is 9.78 Å². The van der Waals surface area contributed by atoms with E-state index in [1.54, 1.807) is 19.0 Å². The standard InChI is InChI=1S/C17H31N5O/c1-6-8-22-9-7-18-16(22)12-21-10-14(13(2)3)15(11-21)19-17(23)20(4)5/h7,9,13-15H,6,8,10-12H2,1-5H3,(H,19,23). The third-order valence-corrected chi connectivity index (χ3v) is 4.64. The van der Waals surface area contributed by atoms with E-state index in [-0.39, 0.29) is 12.1 Å². The Bertz CT molecular complexity index is 511. The van der Waals surface area contributed by atoms with E-state index in [1.165, 1.54) is 0 Å². The predicted octanol–water partition coefficient (Wildman–Crippen LogP) is 2.02. The van der Waals surface area contributed by atoms with Gasteiger partial charge in [-0.2, -0.15) is 0 Å². The molecular formula is C17H31N5O. The monoisotopic (exact) mass is 321 g/mol. The molecule has 1 aliphatic rings. The highest BCUT2D eigenvalue weighted by atomic mass is 16.2. The van der Waals surface area contributed by atoms with Gasteiger partial charge in [0.15, 0.2) is 0 Å². The van der Waals surface area contributed by atoms with Crippen LogP contribution in [0.2, 0.25) is 0 Å². The second-order valence-electron chi connectivity index (χ2n) is 7.09. The van der Waals surface area contributed by atoms with E-state index in [0.717, 1.165) is 38.4 Å². The number of hydrogen-bond donors (Lipinski definition) is 1. The van der Waals surface area contributed by atoms with Gasteiger partial charge in [0.05, 0.1) is 6.54 Å². The summed E-state index contributed by atoms with van der Waals surface area (Å²) in [6, 6.07) is 0.203. The van der Waals surface area contributed by atoms with Crippen LogP contribution in [0.3, 0.4) is 0 Å². The van der Waals surface area contributed by atoms with Gasteiger partial charge in [0.2, 0.25) is 0 Å². The molecule has 0 bridgehead atoms. The molecule has 0 aliphatic carbocycles. The van der Waals surface area contributed by atoms with E-state index in [2.05, 4.69) is 46.7 Å². The highest BCUT2D eigenvalue weighted by Crippen LogP contribution is 2.25. The van der Waals surface area contributed by atoms with Gasteiger partial charge in [-0.15, -0.1) is 0 Å². The van der Waals surface area contributed by atoms with Crippen molar-refractivity contribution in [1.29, 1.82) is 0 Å². The summed E-state index contributed by atoms with van der Waals surface area (Å²) in [7, 11) is 3.57. The summed E-state index contributed by atoms with van der Waals surface area (Å²) in [5, 5.41) is 3.18. The quantitative estimate of drug-likeness (QED) is 0.872. The Morgan fingerprint density at radius 1 is 1.43 bits per heavy atom. The molecule has 23 heavy (non-hydrogen) atoms. The van der Waals surface area contributed by atoms with Crippen LogP contribution in [0.1, 0.15) is 33.0 Å². The lowest BCUT2D eigenvalue weighted by molar-refractivity contribution is 0.207. The van der Waals surface area contributed by atoms with Crippen molar-refractivity contribution in [2.75, 3.05) is 27.2 Å². The third kappa shape index (κ3) is 4.47. The molecule has 2 heterocycles. The minimum Gasteiger partial charge on any atom is -0.334 e. The first kappa shape index (κ1) is 17.8. The van der Waals surface area contributed by atoms with E-state index >= 15 is 0 Å². The number of hydrogen-bond acceptors (Lipinski definition) is 3. The summed E-state index contributed by atoms with van der Waals surface area (Å²) in [5.74, 6) is 2.14. The number of nitrogens with zero attached hydrogens (tertiary/aromatic N) is 4. The van der Waals surface area contributed by atoms with Crippen molar-refractivity contribution in [3.8, 4) is 0 Å². The van der Waals surface area contributed by atoms with Crippen molar-refractivity contribution in [3.63, 3.8) is 0 Å². The number of likely N-dealkylation sites (tertiary alicyclic amines) is 1. The van der Waals surface area contributed by atoms with Crippen molar-refractivity contribution in [3.05, 3.63) is 18.2 Å². The molecule has 1 aromatic rings. The molecule has 6 nitrogen and oxygen atoms in total. The number of aryl methyl sites for hydroxylation is 1. The van der Waals surface area contributed by atoms with Gasteiger partial charge in [0.25, 0.3) is 0 Å². The highest BCUT2D eigenvalue weighted by molar-refractivity contribution is 5.73. The number of urea groups is 1. The smallest absolute Gasteiger partial charge is 0.317 e. The van der Waals surface area contributed by atoms with E-state index in [4.69, 9.17) is 0 Å². The number of amides is 2. The largest absolute Gasteiger partial charge is 0.334 e. The lowest BCUT2D eigenvalue weighted by Gasteiger charge is -2.24. The first-order valence-corrected chi connectivity index (χ1v) is 8.62. The van der Waals surface area contributed by atoms with Gasteiger partial charge >= 0.3 is 6.03 Å². The second kappa shape index (κ2) is 7.81. The maximum absolute atomic E-state index is 12.0. The summed E-state index contributed by atoms with van der Waals surface area (Å²) >= 11 is 0. The fraction of sp³-hybridized carbons (Fsp3) is 0.765. The number of nitrogens with one attached hydrogen (secondary N) is 1.